The van der Waals surface area contributed by atoms with Gasteiger partial charge in [-0.25, -0.2) is 8.42 Å². The Morgan fingerprint density at radius 3 is 2.32 bits per heavy atom. The number of anilines is 1. The van der Waals surface area contributed by atoms with Crippen LogP contribution in [0.25, 0.3) is 0 Å². The van der Waals surface area contributed by atoms with Crippen molar-refractivity contribution in [3.05, 3.63) is 59.7 Å². The Morgan fingerprint density at radius 1 is 1.00 bits per heavy atom. The van der Waals surface area contributed by atoms with E-state index in [1.807, 2.05) is 0 Å². The second kappa shape index (κ2) is 6.11. The number of ketones is 1. The van der Waals surface area contributed by atoms with E-state index in [4.69, 9.17) is 0 Å². The Labute approximate surface area is 128 Å². The fraction of sp³-hybridized carbons (Fsp3) is 0.125. The van der Waals surface area contributed by atoms with E-state index in [1.54, 1.807) is 24.3 Å². The molecule has 0 saturated heterocycles. The number of carbonyl (C=O) groups excluding carboxylic acids is 2. The molecule has 0 aliphatic rings. The minimum Gasteiger partial charge on any atom is -0.321 e. The number of hydrogen-bond donors (Lipinski definition) is 1. The third kappa shape index (κ3) is 3.59. The highest BCUT2D eigenvalue weighted by molar-refractivity contribution is 7.90. The SMILES string of the molecule is CC(=O)c1ccccc1NC(=O)c1cccc(S(C)(=O)=O)c1. The number of sulfone groups is 1. The molecular weight excluding hydrogens is 302 g/mol. The maximum atomic E-state index is 12.3. The second-order valence-electron chi connectivity index (χ2n) is 4.86. The van der Waals surface area contributed by atoms with Crippen molar-refractivity contribution in [1.29, 1.82) is 0 Å². The molecule has 0 fully saturated rings. The highest BCUT2D eigenvalue weighted by atomic mass is 32.2. The third-order valence-electron chi connectivity index (χ3n) is 3.08. The molecule has 2 aromatic carbocycles. The van der Waals surface area contributed by atoms with Gasteiger partial charge in [-0.1, -0.05) is 18.2 Å². The largest absolute Gasteiger partial charge is 0.321 e. The fourth-order valence-corrected chi connectivity index (χ4v) is 2.63. The number of benzene rings is 2. The molecule has 1 N–H and O–H groups in total. The van der Waals surface area contributed by atoms with E-state index < -0.39 is 15.7 Å². The van der Waals surface area contributed by atoms with Crippen molar-refractivity contribution < 1.29 is 18.0 Å². The Bertz CT molecular complexity index is 841. The molecular formula is C16H15NO4S. The van der Waals surface area contributed by atoms with Gasteiger partial charge in [0.25, 0.3) is 5.91 Å². The lowest BCUT2D eigenvalue weighted by Crippen LogP contribution is -2.14. The minimum atomic E-state index is -3.39. The van der Waals surface area contributed by atoms with E-state index in [1.165, 1.54) is 31.2 Å². The average Bonchev–Trinajstić information content (AvgIpc) is 2.47. The maximum Gasteiger partial charge on any atom is 0.255 e. The van der Waals surface area contributed by atoms with Gasteiger partial charge < -0.3 is 5.32 Å². The van der Waals surface area contributed by atoms with Crippen LogP contribution in [0.3, 0.4) is 0 Å². The molecule has 0 spiro atoms. The normalized spacial score (nSPS) is 11.0. The van der Waals surface area contributed by atoms with Crippen molar-refractivity contribution >= 4 is 27.2 Å². The van der Waals surface area contributed by atoms with E-state index in [-0.39, 0.29) is 16.2 Å². The molecule has 0 saturated carbocycles. The van der Waals surface area contributed by atoms with E-state index in [2.05, 4.69) is 5.32 Å². The topological polar surface area (TPSA) is 80.3 Å². The van der Waals surface area contributed by atoms with Gasteiger partial charge in [0.2, 0.25) is 0 Å². The van der Waals surface area contributed by atoms with Gasteiger partial charge in [-0.2, -0.15) is 0 Å². The molecule has 0 radical (unpaired) electrons. The summed E-state index contributed by atoms with van der Waals surface area (Å²) in [5.74, 6) is -0.639. The first-order valence-electron chi connectivity index (χ1n) is 6.50. The second-order valence-corrected chi connectivity index (χ2v) is 6.87. The van der Waals surface area contributed by atoms with Gasteiger partial charge in [0.1, 0.15) is 0 Å². The van der Waals surface area contributed by atoms with Gasteiger partial charge in [0, 0.05) is 17.4 Å². The number of nitrogens with one attached hydrogen (secondary N) is 1. The van der Waals surface area contributed by atoms with Crippen LogP contribution >= 0.6 is 0 Å². The predicted octanol–water partition coefficient (Wildman–Crippen LogP) is 2.55. The highest BCUT2D eigenvalue weighted by Gasteiger charge is 2.14. The van der Waals surface area contributed by atoms with E-state index in [9.17, 15) is 18.0 Å². The lowest BCUT2D eigenvalue weighted by atomic mass is 10.1. The first-order chi connectivity index (χ1) is 10.3. The molecule has 0 aliphatic carbocycles. The zero-order chi connectivity index (χ0) is 16.3. The van der Waals surface area contributed by atoms with Gasteiger partial charge >= 0.3 is 0 Å². The summed E-state index contributed by atoms with van der Waals surface area (Å²) in [5, 5.41) is 2.63. The zero-order valence-corrected chi connectivity index (χ0v) is 13.0. The van der Waals surface area contributed by atoms with Gasteiger partial charge in [-0.05, 0) is 37.3 Å². The van der Waals surface area contributed by atoms with E-state index in [0.717, 1.165) is 6.26 Å². The Hall–Kier alpha value is -2.47. The van der Waals surface area contributed by atoms with Crippen molar-refractivity contribution in [2.75, 3.05) is 11.6 Å². The summed E-state index contributed by atoms with van der Waals surface area (Å²) < 4.78 is 23.1. The molecule has 2 rings (SSSR count). The molecule has 6 heteroatoms. The smallest absolute Gasteiger partial charge is 0.255 e. The lowest BCUT2D eigenvalue weighted by Gasteiger charge is -2.09. The number of hydrogen-bond acceptors (Lipinski definition) is 4. The average molecular weight is 317 g/mol. The van der Waals surface area contributed by atoms with Crippen molar-refractivity contribution in [1.82, 2.24) is 0 Å². The van der Waals surface area contributed by atoms with E-state index in [0.29, 0.717) is 11.3 Å². The van der Waals surface area contributed by atoms with Gasteiger partial charge in [-0.3, -0.25) is 9.59 Å². The number of carbonyl (C=O) groups is 2. The molecule has 0 aliphatic heterocycles. The summed E-state index contributed by atoms with van der Waals surface area (Å²) >= 11 is 0. The number of amides is 1. The molecule has 114 valence electrons. The van der Waals surface area contributed by atoms with E-state index >= 15 is 0 Å². The molecule has 2 aromatic rings. The van der Waals surface area contributed by atoms with Crippen molar-refractivity contribution in [3.63, 3.8) is 0 Å². The van der Waals surface area contributed by atoms with Gasteiger partial charge in [0.15, 0.2) is 15.6 Å². The van der Waals surface area contributed by atoms with Crippen LogP contribution in [0.2, 0.25) is 0 Å². The van der Waals surface area contributed by atoms with Crippen LogP contribution in [-0.2, 0) is 9.84 Å². The molecule has 0 aromatic heterocycles. The Balaban J connectivity index is 2.33. The first-order valence-corrected chi connectivity index (χ1v) is 8.39. The van der Waals surface area contributed by atoms with Gasteiger partial charge in [-0.15, -0.1) is 0 Å². The molecule has 5 nitrogen and oxygen atoms in total. The summed E-state index contributed by atoms with van der Waals surface area (Å²) in [7, 11) is -3.39. The molecule has 22 heavy (non-hydrogen) atoms. The van der Waals surface area contributed by atoms with Crippen LogP contribution in [0.1, 0.15) is 27.6 Å². The van der Waals surface area contributed by atoms with Crippen molar-refractivity contribution in [2.24, 2.45) is 0 Å². The van der Waals surface area contributed by atoms with Crippen LogP contribution in [0.4, 0.5) is 5.69 Å². The Kier molecular flexibility index (Phi) is 4.42. The number of para-hydroxylation sites is 1. The van der Waals surface area contributed by atoms with Crippen molar-refractivity contribution in [3.8, 4) is 0 Å². The molecule has 0 unspecified atom stereocenters. The quantitative estimate of drug-likeness (QED) is 0.879. The number of Topliss-reactive ketones (excluding diaryl/α,β-unsaturated/α-hetero) is 1. The fourth-order valence-electron chi connectivity index (χ4n) is 1.96. The van der Waals surface area contributed by atoms with Crippen molar-refractivity contribution in [2.45, 2.75) is 11.8 Å². The van der Waals surface area contributed by atoms with Crippen LogP contribution in [0, 0.1) is 0 Å². The molecule has 0 heterocycles. The summed E-state index contributed by atoms with van der Waals surface area (Å²) in [5.41, 5.74) is 1.00. The van der Waals surface area contributed by atoms with Crippen LogP contribution in [0.15, 0.2) is 53.4 Å². The number of rotatable bonds is 4. The van der Waals surface area contributed by atoms with Crippen LogP contribution in [-0.4, -0.2) is 26.4 Å². The maximum absolute atomic E-state index is 12.3. The standard InChI is InChI=1S/C16H15NO4S/c1-11(18)14-8-3-4-9-15(14)17-16(19)12-6-5-7-13(10-12)22(2,20)21/h3-10H,1-2H3,(H,17,19). The minimum absolute atomic E-state index is 0.0694. The van der Waals surface area contributed by atoms with Gasteiger partial charge in [0.05, 0.1) is 10.6 Å². The highest BCUT2D eigenvalue weighted by Crippen LogP contribution is 2.18. The summed E-state index contributed by atoms with van der Waals surface area (Å²) in [6.45, 7) is 1.41. The first kappa shape index (κ1) is 15.9. The molecule has 1 amide bonds. The zero-order valence-electron chi connectivity index (χ0n) is 12.2. The predicted molar refractivity (Wildman–Crippen MR) is 84.0 cm³/mol. The summed E-state index contributed by atoms with van der Waals surface area (Å²) in [6, 6.07) is 12.4. The van der Waals surface area contributed by atoms with Crippen LogP contribution < -0.4 is 5.32 Å². The monoisotopic (exact) mass is 317 g/mol. The summed E-state index contributed by atoms with van der Waals surface area (Å²) in [4.78, 5) is 23.9. The third-order valence-corrected chi connectivity index (χ3v) is 4.19. The molecule has 0 atom stereocenters. The van der Waals surface area contributed by atoms with Crippen LogP contribution in [0.5, 0.6) is 0 Å². The summed E-state index contributed by atoms with van der Waals surface area (Å²) in [6.07, 6.45) is 1.08. The lowest BCUT2D eigenvalue weighted by molar-refractivity contribution is 0.101. The Morgan fingerprint density at radius 2 is 1.68 bits per heavy atom. The molecule has 0 bridgehead atoms.